The van der Waals surface area contributed by atoms with Gasteiger partial charge in [0.05, 0.1) is 5.54 Å². The van der Waals surface area contributed by atoms with Gasteiger partial charge in [-0.25, -0.2) is 0 Å². The molecule has 0 bridgehead atoms. The number of benzene rings is 2. The number of rotatable bonds is 12. The minimum atomic E-state index is -0.336. The first-order valence-electron chi connectivity index (χ1n) is 13.3. The number of pyridine rings is 1. The predicted octanol–water partition coefficient (Wildman–Crippen LogP) is 6.43. The van der Waals surface area contributed by atoms with E-state index in [0.29, 0.717) is 5.56 Å². The van der Waals surface area contributed by atoms with E-state index in [-0.39, 0.29) is 11.4 Å². The molecule has 5 heteroatoms. The van der Waals surface area contributed by atoms with Crippen LogP contribution in [0.5, 0.6) is 0 Å². The summed E-state index contributed by atoms with van der Waals surface area (Å²) in [7, 11) is 0. The highest BCUT2D eigenvalue weighted by Gasteiger charge is 2.29. The first-order chi connectivity index (χ1) is 18.0. The second-order valence-electron chi connectivity index (χ2n) is 10.0. The molecule has 1 unspecified atom stereocenters. The van der Waals surface area contributed by atoms with Gasteiger partial charge in [0, 0.05) is 48.7 Å². The van der Waals surface area contributed by atoms with Gasteiger partial charge < -0.3 is 5.32 Å². The van der Waals surface area contributed by atoms with Crippen molar-refractivity contribution in [2.45, 2.75) is 58.5 Å². The smallest absolute Gasteiger partial charge is 0.255 e. The molecule has 0 saturated heterocycles. The third-order valence-electron chi connectivity index (χ3n) is 6.71. The summed E-state index contributed by atoms with van der Waals surface area (Å²) in [5.74, 6) is -0.102. The van der Waals surface area contributed by atoms with Crippen LogP contribution in [0.1, 0.15) is 59.4 Å². The highest BCUT2D eigenvalue weighted by molar-refractivity contribution is 6.04. The molecule has 1 aromatic heterocycles. The molecule has 192 valence electrons. The maximum atomic E-state index is 12.9. The SMILES string of the molecule is CCCN(CCC)Cc1ccc(NC(=O)c2ccc(CC3(Cc4ccc(C)cn4)C=CC=N3)cc2)cc1. The van der Waals surface area contributed by atoms with Crippen molar-refractivity contribution in [2.24, 2.45) is 4.99 Å². The lowest BCUT2D eigenvalue weighted by Gasteiger charge is -2.24. The van der Waals surface area contributed by atoms with Crippen LogP contribution in [0.15, 0.2) is 84.0 Å². The Hall–Kier alpha value is -3.57. The average Bonchev–Trinajstić information content (AvgIpc) is 3.35. The molecule has 1 aliphatic heterocycles. The summed E-state index contributed by atoms with van der Waals surface area (Å²) >= 11 is 0. The Morgan fingerprint density at radius 2 is 1.59 bits per heavy atom. The number of aliphatic imine (C=N–C) groups is 1. The minimum Gasteiger partial charge on any atom is -0.322 e. The Balaban J connectivity index is 1.36. The number of amides is 1. The molecule has 37 heavy (non-hydrogen) atoms. The lowest BCUT2D eigenvalue weighted by atomic mass is 9.87. The van der Waals surface area contributed by atoms with Crippen molar-refractivity contribution in [2.75, 3.05) is 18.4 Å². The summed E-state index contributed by atoms with van der Waals surface area (Å²) in [4.78, 5) is 24.7. The van der Waals surface area contributed by atoms with Crippen LogP contribution in [-0.2, 0) is 19.4 Å². The lowest BCUT2D eigenvalue weighted by Crippen LogP contribution is -2.28. The van der Waals surface area contributed by atoms with E-state index in [2.05, 4.69) is 59.4 Å². The number of nitrogens with zero attached hydrogens (tertiary/aromatic N) is 3. The Labute approximate surface area is 221 Å². The third kappa shape index (κ3) is 7.46. The van der Waals surface area contributed by atoms with Crippen LogP contribution in [-0.4, -0.2) is 40.6 Å². The second-order valence-corrected chi connectivity index (χ2v) is 10.0. The van der Waals surface area contributed by atoms with E-state index in [1.165, 1.54) is 5.56 Å². The van der Waals surface area contributed by atoms with Gasteiger partial charge >= 0.3 is 0 Å². The lowest BCUT2D eigenvalue weighted by molar-refractivity contribution is 0.102. The van der Waals surface area contributed by atoms with Gasteiger partial charge in [-0.05, 0) is 86.0 Å². The summed E-state index contributed by atoms with van der Waals surface area (Å²) in [6, 6.07) is 20.2. The normalized spacial score (nSPS) is 16.4. The number of hydrogen-bond donors (Lipinski definition) is 1. The highest BCUT2D eigenvalue weighted by Crippen LogP contribution is 2.27. The molecule has 0 radical (unpaired) electrons. The first-order valence-corrected chi connectivity index (χ1v) is 13.3. The fourth-order valence-electron chi connectivity index (χ4n) is 4.83. The van der Waals surface area contributed by atoms with Crippen molar-refractivity contribution < 1.29 is 4.79 Å². The van der Waals surface area contributed by atoms with Gasteiger partial charge in [0.1, 0.15) is 0 Å². The summed E-state index contributed by atoms with van der Waals surface area (Å²) in [6.45, 7) is 9.63. The Morgan fingerprint density at radius 3 is 2.19 bits per heavy atom. The van der Waals surface area contributed by atoms with E-state index in [9.17, 15) is 4.79 Å². The molecule has 4 rings (SSSR count). The Bertz CT molecular complexity index is 1190. The summed E-state index contributed by atoms with van der Waals surface area (Å²) in [6.07, 6.45) is 11.7. The summed E-state index contributed by atoms with van der Waals surface area (Å²) in [5.41, 5.74) is 5.70. The van der Waals surface area contributed by atoms with E-state index in [1.54, 1.807) is 0 Å². The maximum Gasteiger partial charge on any atom is 0.255 e. The van der Waals surface area contributed by atoms with Crippen molar-refractivity contribution in [3.8, 4) is 0 Å². The number of carbonyl (C=O) groups excluding carboxylic acids is 1. The first kappa shape index (κ1) is 26.5. The van der Waals surface area contributed by atoms with E-state index < -0.39 is 0 Å². The monoisotopic (exact) mass is 494 g/mol. The summed E-state index contributed by atoms with van der Waals surface area (Å²) in [5, 5.41) is 3.03. The number of hydrogen-bond acceptors (Lipinski definition) is 4. The van der Waals surface area contributed by atoms with Crippen LogP contribution in [0, 0.1) is 6.92 Å². The van der Waals surface area contributed by atoms with E-state index >= 15 is 0 Å². The molecule has 0 fully saturated rings. The van der Waals surface area contributed by atoms with Crippen molar-refractivity contribution in [1.82, 2.24) is 9.88 Å². The molecule has 2 heterocycles. The second kappa shape index (κ2) is 12.6. The van der Waals surface area contributed by atoms with Crippen LogP contribution >= 0.6 is 0 Å². The molecule has 3 aromatic rings. The maximum absolute atomic E-state index is 12.9. The van der Waals surface area contributed by atoms with Crippen molar-refractivity contribution in [3.05, 3.63) is 107 Å². The van der Waals surface area contributed by atoms with Crippen LogP contribution in [0.3, 0.4) is 0 Å². The average molecular weight is 495 g/mol. The molecule has 0 aliphatic carbocycles. The number of aromatic nitrogens is 1. The molecule has 1 atom stereocenters. The van der Waals surface area contributed by atoms with Crippen molar-refractivity contribution in [1.29, 1.82) is 0 Å². The number of carbonyl (C=O) groups is 1. The Kier molecular flexibility index (Phi) is 9.02. The molecule has 1 amide bonds. The van der Waals surface area contributed by atoms with Crippen LogP contribution in [0.4, 0.5) is 5.69 Å². The zero-order valence-corrected chi connectivity index (χ0v) is 22.3. The Morgan fingerprint density at radius 1 is 0.892 bits per heavy atom. The largest absolute Gasteiger partial charge is 0.322 e. The molecule has 2 aromatic carbocycles. The molecule has 1 aliphatic rings. The van der Waals surface area contributed by atoms with Crippen LogP contribution in [0.25, 0.3) is 0 Å². The van der Waals surface area contributed by atoms with Crippen LogP contribution < -0.4 is 5.32 Å². The number of allylic oxidation sites excluding steroid dienone is 1. The van der Waals surface area contributed by atoms with Gasteiger partial charge in [-0.2, -0.15) is 0 Å². The highest BCUT2D eigenvalue weighted by atomic mass is 16.1. The van der Waals surface area contributed by atoms with Gasteiger partial charge in [0.15, 0.2) is 0 Å². The summed E-state index contributed by atoms with van der Waals surface area (Å²) < 4.78 is 0. The third-order valence-corrected chi connectivity index (χ3v) is 6.71. The fourth-order valence-corrected chi connectivity index (χ4v) is 4.83. The number of anilines is 1. The van der Waals surface area contributed by atoms with Gasteiger partial charge in [-0.15, -0.1) is 0 Å². The molecule has 0 spiro atoms. The topological polar surface area (TPSA) is 57.6 Å². The van der Waals surface area contributed by atoms with Gasteiger partial charge in [-0.3, -0.25) is 19.7 Å². The fraction of sp³-hybridized carbons (Fsp3) is 0.344. The van der Waals surface area contributed by atoms with E-state index in [1.807, 2.05) is 61.8 Å². The molecule has 1 N–H and O–H groups in total. The standard InChI is InChI=1S/C32H38N4O/c1-4-19-36(20-5-2)24-27-10-15-29(16-11-27)35-31(37)28-12-8-26(9-13-28)21-32(17-6-18-34-32)22-30-14-7-25(3)23-33-30/h6-18,23H,4-5,19-22,24H2,1-3H3,(H,35,37). The predicted molar refractivity (Wildman–Crippen MR) is 153 cm³/mol. The zero-order valence-electron chi connectivity index (χ0n) is 22.3. The van der Waals surface area contributed by atoms with Gasteiger partial charge in [0.25, 0.3) is 5.91 Å². The van der Waals surface area contributed by atoms with E-state index in [4.69, 9.17) is 4.99 Å². The van der Waals surface area contributed by atoms with Crippen molar-refractivity contribution >= 4 is 17.8 Å². The van der Waals surface area contributed by atoms with E-state index in [0.717, 1.165) is 67.8 Å². The van der Waals surface area contributed by atoms with Crippen molar-refractivity contribution in [3.63, 3.8) is 0 Å². The zero-order chi connectivity index (χ0) is 26.1. The van der Waals surface area contributed by atoms with Gasteiger partial charge in [0.2, 0.25) is 0 Å². The molecular weight excluding hydrogens is 456 g/mol. The molecule has 5 nitrogen and oxygen atoms in total. The number of nitrogens with one attached hydrogen (secondary N) is 1. The molecular formula is C32H38N4O. The van der Waals surface area contributed by atoms with Gasteiger partial charge in [-0.1, -0.05) is 50.3 Å². The van der Waals surface area contributed by atoms with Crippen LogP contribution in [0.2, 0.25) is 0 Å². The quantitative estimate of drug-likeness (QED) is 0.316. The minimum absolute atomic E-state index is 0.102. The number of aryl methyl sites for hydroxylation is 1. The molecule has 0 saturated carbocycles.